The molecule has 1 aromatic heterocycles. The monoisotopic (exact) mass is 233 g/mol. The number of rotatable bonds is 3. The van der Waals surface area contributed by atoms with Gasteiger partial charge in [0.25, 0.3) is 0 Å². The van der Waals surface area contributed by atoms with Crippen LogP contribution in [0.2, 0.25) is 0 Å². The van der Waals surface area contributed by atoms with E-state index in [-0.39, 0.29) is 0 Å². The van der Waals surface area contributed by atoms with Crippen LogP contribution in [0.3, 0.4) is 0 Å². The van der Waals surface area contributed by atoms with Crippen molar-refractivity contribution in [3.8, 4) is 0 Å². The predicted molar refractivity (Wildman–Crippen MR) is 67.7 cm³/mol. The maximum Gasteiger partial charge on any atom is 0.0859 e. The first kappa shape index (κ1) is 11.2. The van der Waals surface area contributed by atoms with Crippen LogP contribution < -0.4 is 0 Å². The minimum Gasteiger partial charge on any atom is -0.249 e. The van der Waals surface area contributed by atoms with Crippen LogP contribution in [-0.2, 0) is 19.4 Å². The highest BCUT2D eigenvalue weighted by atomic mass is 15.4. The van der Waals surface area contributed by atoms with Gasteiger partial charge in [-0.2, -0.15) is 0 Å². The quantitative estimate of drug-likeness (QED) is 0.803. The smallest absolute Gasteiger partial charge is 0.0859 e. The normalized spacial score (nSPS) is 31.3. The Balaban J connectivity index is 1.76. The Kier molecular flexibility index (Phi) is 2.93. The highest BCUT2D eigenvalue weighted by molar-refractivity contribution is 5.15. The van der Waals surface area contributed by atoms with Crippen LogP contribution >= 0.6 is 0 Å². The zero-order chi connectivity index (χ0) is 11.8. The number of aromatic nitrogens is 3. The molecule has 3 atom stereocenters. The second-order valence-corrected chi connectivity index (χ2v) is 5.68. The Morgan fingerprint density at radius 2 is 1.94 bits per heavy atom. The second-order valence-electron chi connectivity index (χ2n) is 5.68. The van der Waals surface area contributed by atoms with Gasteiger partial charge in [0.2, 0.25) is 0 Å². The van der Waals surface area contributed by atoms with E-state index in [1.807, 2.05) is 0 Å². The summed E-state index contributed by atoms with van der Waals surface area (Å²) >= 11 is 0. The lowest BCUT2D eigenvalue weighted by atomic mass is 10.0. The SMILES string of the molecule is CCCn1nnc2c1CC[C@@H]1[C@@H](CC)[C@@H]1CC2. The number of aryl methyl sites for hydroxylation is 2. The van der Waals surface area contributed by atoms with E-state index in [2.05, 4.69) is 28.8 Å². The Labute approximate surface area is 104 Å². The van der Waals surface area contributed by atoms with E-state index in [0.717, 1.165) is 37.1 Å². The Morgan fingerprint density at radius 1 is 1.18 bits per heavy atom. The van der Waals surface area contributed by atoms with E-state index in [4.69, 9.17) is 0 Å². The standard InChI is InChI=1S/C14H23N3/c1-3-9-17-14-8-6-12-10(4-2)11(12)5-7-13(14)15-16-17/h10-12H,3-9H2,1-2H3/t10-,11-,12+/m0/s1. The number of hydrogen-bond donors (Lipinski definition) is 0. The maximum atomic E-state index is 4.39. The van der Waals surface area contributed by atoms with Gasteiger partial charge in [-0.15, -0.1) is 5.10 Å². The summed E-state index contributed by atoms with van der Waals surface area (Å²) in [6.07, 6.45) is 7.62. The Morgan fingerprint density at radius 3 is 2.65 bits per heavy atom. The summed E-state index contributed by atoms with van der Waals surface area (Å²) < 4.78 is 2.15. The summed E-state index contributed by atoms with van der Waals surface area (Å²) in [7, 11) is 0. The molecule has 1 heterocycles. The average Bonchev–Trinajstić information content (AvgIpc) is 2.85. The topological polar surface area (TPSA) is 30.7 Å². The van der Waals surface area contributed by atoms with Crippen molar-refractivity contribution in [3.63, 3.8) is 0 Å². The molecule has 0 aliphatic heterocycles. The lowest BCUT2D eigenvalue weighted by molar-refractivity contribution is 0.527. The molecule has 3 heteroatoms. The highest BCUT2D eigenvalue weighted by Gasteiger charge is 2.48. The highest BCUT2D eigenvalue weighted by Crippen LogP contribution is 2.54. The van der Waals surface area contributed by atoms with Gasteiger partial charge in [0.05, 0.1) is 11.4 Å². The van der Waals surface area contributed by atoms with Gasteiger partial charge in [-0.25, -0.2) is 4.68 Å². The van der Waals surface area contributed by atoms with Gasteiger partial charge in [0.15, 0.2) is 0 Å². The van der Waals surface area contributed by atoms with Crippen molar-refractivity contribution in [1.82, 2.24) is 15.0 Å². The minimum atomic E-state index is 1.00. The fraction of sp³-hybridized carbons (Fsp3) is 0.857. The van der Waals surface area contributed by atoms with Crippen molar-refractivity contribution in [2.45, 2.75) is 58.9 Å². The van der Waals surface area contributed by atoms with Crippen molar-refractivity contribution >= 4 is 0 Å². The Hall–Kier alpha value is -0.860. The van der Waals surface area contributed by atoms with Gasteiger partial charge < -0.3 is 0 Å². The minimum absolute atomic E-state index is 1.00. The van der Waals surface area contributed by atoms with E-state index >= 15 is 0 Å². The van der Waals surface area contributed by atoms with Crippen LogP contribution in [0.15, 0.2) is 0 Å². The van der Waals surface area contributed by atoms with Gasteiger partial charge in [0.1, 0.15) is 0 Å². The largest absolute Gasteiger partial charge is 0.249 e. The second kappa shape index (κ2) is 4.43. The van der Waals surface area contributed by atoms with E-state index in [9.17, 15) is 0 Å². The van der Waals surface area contributed by atoms with Gasteiger partial charge >= 0.3 is 0 Å². The fourth-order valence-corrected chi connectivity index (χ4v) is 3.82. The molecular formula is C14H23N3. The van der Waals surface area contributed by atoms with Crippen molar-refractivity contribution in [2.75, 3.05) is 0 Å². The van der Waals surface area contributed by atoms with Gasteiger partial charge in [0, 0.05) is 6.54 Å². The fourth-order valence-electron chi connectivity index (χ4n) is 3.82. The molecule has 94 valence electrons. The molecule has 2 aliphatic rings. The first-order chi connectivity index (χ1) is 8.35. The van der Waals surface area contributed by atoms with E-state index < -0.39 is 0 Å². The molecule has 0 unspecified atom stereocenters. The molecule has 1 saturated carbocycles. The van der Waals surface area contributed by atoms with Crippen molar-refractivity contribution in [2.24, 2.45) is 17.8 Å². The molecule has 17 heavy (non-hydrogen) atoms. The zero-order valence-corrected chi connectivity index (χ0v) is 11.0. The summed E-state index contributed by atoms with van der Waals surface area (Å²) in [6, 6.07) is 0. The molecule has 0 spiro atoms. The lowest BCUT2D eigenvalue weighted by Crippen LogP contribution is -2.08. The molecule has 0 aromatic carbocycles. The van der Waals surface area contributed by atoms with Crippen molar-refractivity contribution in [3.05, 3.63) is 11.4 Å². The summed E-state index contributed by atoms with van der Waals surface area (Å²) in [5.41, 5.74) is 2.73. The molecule has 2 aliphatic carbocycles. The number of nitrogens with zero attached hydrogens (tertiary/aromatic N) is 3. The molecule has 3 rings (SSSR count). The molecule has 3 nitrogen and oxygen atoms in total. The van der Waals surface area contributed by atoms with Crippen LogP contribution in [0.1, 0.15) is 50.9 Å². The third kappa shape index (κ3) is 1.90. The Bertz CT molecular complexity index is 396. The molecule has 0 bridgehead atoms. The van der Waals surface area contributed by atoms with Gasteiger partial charge in [-0.1, -0.05) is 25.5 Å². The van der Waals surface area contributed by atoms with Crippen LogP contribution in [0.4, 0.5) is 0 Å². The van der Waals surface area contributed by atoms with Crippen LogP contribution in [0.5, 0.6) is 0 Å². The summed E-state index contributed by atoms with van der Waals surface area (Å²) in [5, 5.41) is 8.71. The van der Waals surface area contributed by atoms with E-state index in [0.29, 0.717) is 0 Å². The molecule has 0 amide bonds. The summed E-state index contributed by atoms with van der Waals surface area (Å²) in [4.78, 5) is 0. The first-order valence-electron chi connectivity index (χ1n) is 7.26. The lowest BCUT2D eigenvalue weighted by Gasteiger charge is -2.09. The summed E-state index contributed by atoms with van der Waals surface area (Å²) in [5.74, 6) is 3.04. The van der Waals surface area contributed by atoms with Crippen LogP contribution in [0.25, 0.3) is 0 Å². The number of fused-ring (bicyclic) bond motifs is 2. The third-order valence-corrected chi connectivity index (χ3v) is 4.76. The predicted octanol–water partition coefficient (Wildman–Crippen LogP) is 2.84. The van der Waals surface area contributed by atoms with Crippen LogP contribution in [-0.4, -0.2) is 15.0 Å². The molecule has 0 radical (unpaired) electrons. The van der Waals surface area contributed by atoms with Crippen molar-refractivity contribution in [1.29, 1.82) is 0 Å². The maximum absolute atomic E-state index is 4.39. The third-order valence-electron chi connectivity index (χ3n) is 4.76. The molecule has 1 fully saturated rings. The number of hydrogen-bond acceptors (Lipinski definition) is 2. The first-order valence-corrected chi connectivity index (χ1v) is 7.26. The van der Waals surface area contributed by atoms with Crippen molar-refractivity contribution < 1.29 is 0 Å². The van der Waals surface area contributed by atoms with Gasteiger partial charge in [-0.05, 0) is 49.9 Å². The van der Waals surface area contributed by atoms with Crippen LogP contribution in [0, 0.1) is 17.8 Å². The van der Waals surface area contributed by atoms with Gasteiger partial charge in [-0.3, -0.25) is 0 Å². The molecule has 1 aromatic rings. The average molecular weight is 233 g/mol. The van der Waals surface area contributed by atoms with E-state index in [1.165, 1.54) is 37.1 Å². The summed E-state index contributed by atoms with van der Waals surface area (Å²) in [6.45, 7) is 5.59. The zero-order valence-electron chi connectivity index (χ0n) is 11.0. The molecular weight excluding hydrogens is 210 g/mol. The molecule has 0 N–H and O–H groups in total. The molecule has 0 saturated heterocycles. The van der Waals surface area contributed by atoms with E-state index in [1.54, 1.807) is 0 Å².